The van der Waals surface area contributed by atoms with Crippen LogP contribution >= 0.6 is 12.2 Å². The van der Waals surface area contributed by atoms with Crippen molar-refractivity contribution < 1.29 is 18.3 Å². The second kappa shape index (κ2) is 7.31. The normalized spacial score (nSPS) is 11.9. The molecule has 0 spiro atoms. The third-order valence-electron chi connectivity index (χ3n) is 3.06. The molecule has 126 valence electrons. The molecule has 0 unspecified atom stereocenters. The number of phenols is 1. The van der Waals surface area contributed by atoms with Gasteiger partial charge in [0.05, 0.1) is 11.3 Å². The second-order valence-corrected chi connectivity index (χ2v) is 5.30. The van der Waals surface area contributed by atoms with E-state index in [0.717, 1.165) is 17.7 Å². The van der Waals surface area contributed by atoms with Gasteiger partial charge in [-0.3, -0.25) is 5.43 Å². The van der Waals surface area contributed by atoms with Crippen LogP contribution in [0.1, 0.15) is 18.1 Å². The predicted octanol–water partition coefficient (Wildman–Crippen LogP) is 4.12. The van der Waals surface area contributed by atoms with Crippen molar-refractivity contribution >= 4 is 28.7 Å². The molecule has 0 bridgehead atoms. The average Bonchev–Trinajstić information content (AvgIpc) is 2.53. The molecule has 0 saturated carbocycles. The summed E-state index contributed by atoms with van der Waals surface area (Å²) in [4.78, 5) is 0. The highest BCUT2D eigenvalue weighted by molar-refractivity contribution is 7.80. The molecule has 0 fully saturated rings. The van der Waals surface area contributed by atoms with Crippen molar-refractivity contribution in [2.24, 2.45) is 5.10 Å². The Labute approximate surface area is 142 Å². The highest BCUT2D eigenvalue weighted by atomic mass is 32.1. The monoisotopic (exact) mass is 353 g/mol. The van der Waals surface area contributed by atoms with Gasteiger partial charge in [0.1, 0.15) is 5.75 Å². The molecule has 0 amide bonds. The molecule has 0 aliphatic rings. The first-order valence-electron chi connectivity index (χ1n) is 6.83. The molecule has 0 saturated heterocycles. The maximum atomic E-state index is 12.7. The molecule has 8 heteroatoms. The summed E-state index contributed by atoms with van der Waals surface area (Å²) in [5, 5.41) is 16.0. The lowest BCUT2D eigenvalue weighted by molar-refractivity contribution is -0.137. The molecule has 2 rings (SSSR count). The number of thiocarbonyl (C=S) groups is 1. The van der Waals surface area contributed by atoms with Gasteiger partial charge in [-0.05, 0) is 67.2 Å². The van der Waals surface area contributed by atoms with E-state index < -0.39 is 11.7 Å². The van der Waals surface area contributed by atoms with E-state index in [0.29, 0.717) is 5.71 Å². The smallest absolute Gasteiger partial charge is 0.416 e. The summed E-state index contributed by atoms with van der Waals surface area (Å²) >= 11 is 5.01. The number of nitrogens with one attached hydrogen (secondary N) is 2. The molecule has 0 aromatic heterocycles. The summed E-state index contributed by atoms with van der Waals surface area (Å²) in [6, 6.07) is 11.1. The number of hydrazone groups is 1. The number of hydrogen-bond acceptors (Lipinski definition) is 3. The number of phenolic OH excluding ortho intramolecular Hbond substituents is 1. The van der Waals surface area contributed by atoms with Gasteiger partial charge in [-0.15, -0.1) is 0 Å². The molecule has 3 N–H and O–H groups in total. The van der Waals surface area contributed by atoms with Gasteiger partial charge in [-0.25, -0.2) is 0 Å². The second-order valence-electron chi connectivity index (χ2n) is 4.89. The van der Waals surface area contributed by atoms with Crippen molar-refractivity contribution in [2.45, 2.75) is 13.1 Å². The van der Waals surface area contributed by atoms with Crippen molar-refractivity contribution in [1.29, 1.82) is 0 Å². The van der Waals surface area contributed by atoms with Gasteiger partial charge in [0.15, 0.2) is 5.11 Å². The zero-order valence-electron chi connectivity index (χ0n) is 12.6. The fraction of sp³-hybridized carbons (Fsp3) is 0.125. The van der Waals surface area contributed by atoms with Crippen LogP contribution in [0.3, 0.4) is 0 Å². The number of alkyl halides is 3. The van der Waals surface area contributed by atoms with E-state index in [-0.39, 0.29) is 16.5 Å². The minimum atomic E-state index is -4.42. The van der Waals surface area contributed by atoms with Crippen LogP contribution in [0.4, 0.5) is 18.9 Å². The van der Waals surface area contributed by atoms with Gasteiger partial charge in [0, 0.05) is 5.69 Å². The van der Waals surface area contributed by atoms with Crippen LogP contribution in [0, 0.1) is 0 Å². The summed E-state index contributed by atoms with van der Waals surface area (Å²) < 4.78 is 38.0. The predicted molar refractivity (Wildman–Crippen MR) is 91.1 cm³/mol. The van der Waals surface area contributed by atoms with Crippen LogP contribution in [-0.2, 0) is 6.18 Å². The van der Waals surface area contributed by atoms with E-state index in [9.17, 15) is 18.3 Å². The third-order valence-corrected chi connectivity index (χ3v) is 3.25. The number of benzene rings is 2. The van der Waals surface area contributed by atoms with Crippen molar-refractivity contribution in [3.8, 4) is 5.75 Å². The zero-order chi connectivity index (χ0) is 17.7. The lowest BCUT2D eigenvalue weighted by atomic mass is 10.1. The van der Waals surface area contributed by atoms with Gasteiger partial charge in [-0.1, -0.05) is 6.07 Å². The first kappa shape index (κ1) is 17.7. The molecule has 2 aromatic carbocycles. The van der Waals surface area contributed by atoms with E-state index in [1.807, 2.05) is 0 Å². The fourth-order valence-electron chi connectivity index (χ4n) is 1.83. The third kappa shape index (κ3) is 4.95. The van der Waals surface area contributed by atoms with E-state index in [4.69, 9.17) is 12.2 Å². The van der Waals surface area contributed by atoms with E-state index in [1.165, 1.54) is 24.3 Å². The van der Waals surface area contributed by atoms with Crippen LogP contribution in [0.15, 0.2) is 53.6 Å². The fourth-order valence-corrected chi connectivity index (χ4v) is 2.00. The molecule has 0 aliphatic carbocycles. The summed E-state index contributed by atoms with van der Waals surface area (Å²) in [5.41, 5.74) is 3.38. The number of halogens is 3. The van der Waals surface area contributed by atoms with Crippen LogP contribution in [0.2, 0.25) is 0 Å². The minimum Gasteiger partial charge on any atom is -0.508 e. The first-order chi connectivity index (χ1) is 11.3. The number of anilines is 1. The summed E-state index contributed by atoms with van der Waals surface area (Å²) in [6.45, 7) is 1.73. The summed E-state index contributed by atoms with van der Waals surface area (Å²) in [6.07, 6.45) is -4.42. The molecule has 4 nitrogen and oxygen atoms in total. The Morgan fingerprint density at radius 3 is 2.42 bits per heavy atom. The highest BCUT2D eigenvalue weighted by Crippen LogP contribution is 2.30. The molecule has 0 heterocycles. The number of rotatable bonds is 3. The largest absolute Gasteiger partial charge is 0.508 e. The van der Waals surface area contributed by atoms with Gasteiger partial charge in [0.2, 0.25) is 0 Å². The minimum absolute atomic E-state index is 0.0625. The van der Waals surface area contributed by atoms with Gasteiger partial charge < -0.3 is 10.4 Å². The molecular formula is C16H14F3N3OS. The van der Waals surface area contributed by atoms with Gasteiger partial charge >= 0.3 is 6.18 Å². The topological polar surface area (TPSA) is 56.7 Å². The van der Waals surface area contributed by atoms with Crippen molar-refractivity contribution in [1.82, 2.24) is 5.43 Å². The van der Waals surface area contributed by atoms with E-state index >= 15 is 0 Å². The number of hydrogen-bond donors (Lipinski definition) is 3. The Bertz CT molecular complexity index is 758. The van der Waals surface area contributed by atoms with Gasteiger partial charge in [0.25, 0.3) is 0 Å². The van der Waals surface area contributed by atoms with Crippen LogP contribution < -0.4 is 10.7 Å². The molecule has 0 atom stereocenters. The van der Waals surface area contributed by atoms with E-state index in [2.05, 4.69) is 15.8 Å². The summed E-state index contributed by atoms with van der Waals surface area (Å²) in [5.74, 6) is 0.140. The maximum absolute atomic E-state index is 12.7. The lowest BCUT2D eigenvalue weighted by Crippen LogP contribution is -2.25. The lowest BCUT2D eigenvalue weighted by Gasteiger charge is -2.11. The quantitative estimate of drug-likeness (QED) is 0.441. The molecule has 0 aliphatic heterocycles. The van der Waals surface area contributed by atoms with Crippen molar-refractivity contribution in [3.63, 3.8) is 0 Å². The number of aromatic hydroxyl groups is 1. The Balaban J connectivity index is 2.01. The molecular weight excluding hydrogens is 339 g/mol. The summed E-state index contributed by atoms with van der Waals surface area (Å²) in [7, 11) is 0. The van der Waals surface area contributed by atoms with Crippen LogP contribution in [0.25, 0.3) is 0 Å². The SMILES string of the molecule is C/C(=N\NC(=S)Nc1cccc(C(F)(F)F)c1)c1ccc(O)cc1. The Morgan fingerprint density at radius 2 is 1.79 bits per heavy atom. The standard InChI is InChI=1S/C16H14F3N3OS/c1-10(11-5-7-14(23)8-6-11)21-22-15(24)20-13-4-2-3-12(9-13)16(17,18)19/h2-9,23H,1H3,(H2,20,22,24)/b21-10+. The molecule has 2 aromatic rings. The van der Waals surface area contributed by atoms with Crippen LogP contribution in [0.5, 0.6) is 5.75 Å². The Kier molecular flexibility index (Phi) is 5.40. The van der Waals surface area contributed by atoms with Crippen molar-refractivity contribution in [3.05, 3.63) is 59.7 Å². The Morgan fingerprint density at radius 1 is 1.12 bits per heavy atom. The molecule has 24 heavy (non-hydrogen) atoms. The zero-order valence-corrected chi connectivity index (χ0v) is 13.4. The number of nitrogens with zero attached hydrogens (tertiary/aromatic N) is 1. The first-order valence-corrected chi connectivity index (χ1v) is 7.24. The maximum Gasteiger partial charge on any atom is 0.416 e. The van der Waals surface area contributed by atoms with Crippen LogP contribution in [-0.4, -0.2) is 15.9 Å². The highest BCUT2D eigenvalue weighted by Gasteiger charge is 2.30. The molecule has 0 radical (unpaired) electrons. The average molecular weight is 353 g/mol. The Hall–Kier alpha value is -2.61. The van der Waals surface area contributed by atoms with Gasteiger partial charge in [-0.2, -0.15) is 18.3 Å². The van der Waals surface area contributed by atoms with Crippen molar-refractivity contribution in [2.75, 3.05) is 5.32 Å². The van der Waals surface area contributed by atoms with E-state index in [1.54, 1.807) is 19.1 Å².